The largest absolute Gasteiger partial charge is 0.352 e. The van der Waals surface area contributed by atoms with Gasteiger partial charge in [-0.1, -0.05) is 73.4 Å². The van der Waals surface area contributed by atoms with Crippen molar-refractivity contribution in [3.63, 3.8) is 0 Å². The summed E-state index contributed by atoms with van der Waals surface area (Å²) in [4.78, 5) is 27.8. The number of carbonyl (C=O) groups excluding carboxylic acids is 2. The van der Waals surface area contributed by atoms with Crippen LogP contribution in [0.2, 0.25) is 10.0 Å². The van der Waals surface area contributed by atoms with E-state index in [1.165, 1.54) is 11.8 Å². The molecule has 2 atom stereocenters. The second-order valence-electron chi connectivity index (χ2n) is 7.44. The van der Waals surface area contributed by atoms with Crippen LogP contribution in [0.25, 0.3) is 0 Å². The van der Waals surface area contributed by atoms with Crippen LogP contribution in [0.15, 0.2) is 48.5 Å². The summed E-state index contributed by atoms with van der Waals surface area (Å²) in [5, 5.41) is 4.21. The van der Waals surface area contributed by atoms with Crippen LogP contribution in [-0.2, 0) is 21.9 Å². The zero-order chi connectivity index (χ0) is 22.8. The highest BCUT2D eigenvalue weighted by Gasteiger charge is 2.29. The lowest BCUT2D eigenvalue weighted by Crippen LogP contribution is -2.51. The van der Waals surface area contributed by atoms with Crippen molar-refractivity contribution in [1.29, 1.82) is 0 Å². The molecule has 4 nitrogen and oxygen atoms in total. The van der Waals surface area contributed by atoms with Crippen molar-refractivity contribution in [1.82, 2.24) is 10.2 Å². The highest BCUT2D eigenvalue weighted by atomic mass is 35.5. The molecule has 168 valence electrons. The third kappa shape index (κ3) is 7.74. The quantitative estimate of drug-likeness (QED) is 0.432. The molecule has 2 aromatic rings. The van der Waals surface area contributed by atoms with Gasteiger partial charge in [0.15, 0.2) is 0 Å². The fourth-order valence-corrected chi connectivity index (χ4v) is 4.78. The van der Waals surface area contributed by atoms with Crippen molar-refractivity contribution >= 4 is 46.8 Å². The van der Waals surface area contributed by atoms with E-state index in [-0.39, 0.29) is 23.6 Å². The number of hydrogen-bond acceptors (Lipinski definition) is 3. The molecule has 1 N–H and O–H groups in total. The van der Waals surface area contributed by atoms with Gasteiger partial charge in [0.25, 0.3) is 0 Å². The predicted molar refractivity (Wildman–Crippen MR) is 132 cm³/mol. The fraction of sp³-hybridized carbons (Fsp3) is 0.417. The number of carbonyl (C=O) groups is 2. The van der Waals surface area contributed by atoms with Crippen molar-refractivity contribution in [2.75, 3.05) is 5.75 Å². The molecule has 31 heavy (non-hydrogen) atoms. The minimum atomic E-state index is -0.522. The van der Waals surface area contributed by atoms with E-state index in [1.807, 2.05) is 51.1 Å². The second-order valence-corrected chi connectivity index (χ2v) is 9.24. The molecule has 0 aliphatic carbocycles. The van der Waals surface area contributed by atoms with Gasteiger partial charge in [-0.05, 0) is 43.0 Å². The first kappa shape index (κ1) is 25.6. The van der Waals surface area contributed by atoms with Gasteiger partial charge in [0.2, 0.25) is 11.8 Å². The van der Waals surface area contributed by atoms with Crippen molar-refractivity contribution in [2.45, 2.75) is 58.0 Å². The van der Waals surface area contributed by atoms with E-state index in [1.54, 1.807) is 23.1 Å². The van der Waals surface area contributed by atoms with Crippen LogP contribution >= 0.6 is 35.0 Å². The van der Waals surface area contributed by atoms with Crippen molar-refractivity contribution < 1.29 is 9.59 Å². The van der Waals surface area contributed by atoms with Crippen LogP contribution in [0, 0.1) is 0 Å². The Morgan fingerprint density at radius 2 is 1.65 bits per heavy atom. The van der Waals surface area contributed by atoms with Crippen LogP contribution in [0.4, 0.5) is 0 Å². The summed E-state index contributed by atoms with van der Waals surface area (Å²) in [6.07, 6.45) is 1.38. The molecule has 7 heteroatoms. The lowest BCUT2D eigenvalue weighted by Gasteiger charge is -2.31. The summed E-state index contributed by atoms with van der Waals surface area (Å²) >= 11 is 13.9. The molecule has 2 rings (SSSR count). The van der Waals surface area contributed by atoms with Gasteiger partial charge in [0, 0.05) is 28.4 Å². The third-order valence-electron chi connectivity index (χ3n) is 5.12. The van der Waals surface area contributed by atoms with Crippen molar-refractivity contribution in [3.8, 4) is 0 Å². The van der Waals surface area contributed by atoms with Gasteiger partial charge in [-0.2, -0.15) is 0 Å². The number of nitrogens with zero attached hydrogens (tertiary/aromatic N) is 1. The highest BCUT2D eigenvalue weighted by molar-refractivity contribution is 7.99. The van der Waals surface area contributed by atoms with Gasteiger partial charge in [-0.15, -0.1) is 11.8 Å². The zero-order valence-electron chi connectivity index (χ0n) is 18.2. The Hall–Kier alpha value is -1.69. The second kappa shape index (κ2) is 13.0. The maximum absolute atomic E-state index is 13.2. The number of benzene rings is 2. The highest BCUT2D eigenvalue weighted by Crippen LogP contribution is 2.28. The fourth-order valence-electron chi connectivity index (χ4n) is 3.13. The average Bonchev–Trinajstić information content (AvgIpc) is 2.76. The average molecular weight is 481 g/mol. The summed E-state index contributed by atoms with van der Waals surface area (Å²) in [6, 6.07) is 14.7. The Bertz CT molecular complexity index is 844. The Labute approximate surface area is 199 Å². The Kier molecular flexibility index (Phi) is 10.7. The minimum absolute atomic E-state index is 0.0620. The number of rotatable bonds is 11. The maximum atomic E-state index is 13.2. The van der Waals surface area contributed by atoms with E-state index in [0.717, 1.165) is 17.5 Å². The molecular formula is C24H30Cl2N2O2S. The molecule has 0 heterocycles. The third-order valence-corrected chi connectivity index (χ3v) is 6.77. The molecule has 0 aliphatic heterocycles. The number of amides is 2. The maximum Gasteiger partial charge on any atom is 0.243 e. The van der Waals surface area contributed by atoms with Gasteiger partial charge in [0.05, 0.1) is 5.75 Å². The Morgan fingerprint density at radius 1 is 1.00 bits per heavy atom. The molecule has 0 aliphatic rings. The van der Waals surface area contributed by atoms with Gasteiger partial charge < -0.3 is 10.2 Å². The molecular weight excluding hydrogens is 451 g/mol. The Balaban J connectivity index is 2.14. The molecule has 0 unspecified atom stereocenters. The van der Waals surface area contributed by atoms with Crippen molar-refractivity contribution in [3.05, 3.63) is 69.7 Å². The standard InChI is InChI=1S/C24H30Cl2N2O2S/c1-4-17(3)27-24(30)22(5-2)28(14-18-10-7-6-8-11-18)23(29)16-31-15-19-20(25)12-9-13-21(19)26/h6-13,17,22H,4-5,14-16H2,1-3H3,(H,27,30)/t17-,22-/m1/s1. The number of thioether (sulfide) groups is 1. The number of halogens is 2. The summed E-state index contributed by atoms with van der Waals surface area (Å²) in [5.74, 6) is 0.573. The summed E-state index contributed by atoms with van der Waals surface area (Å²) in [5.41, 5.74) is 1.81. The summed E-state index contributed by atoms with van der Waals surface area (Å²) < 4.78 is 0. The molecule has 0 spiro atoms. The molecule has 0 bridgehead atoms. The molecule has 0 saturated heterocycles. The van der Waals surface area contributed by atoms with Crippen LogP contribution in [-0.4, -0.2) is 34.6 Å². The molecule has 2 amide bonds. The smallest absolute Gasteiger partial charge is 0.243 e. The molecule has 0 aromatic heterocycles. The van der Waals surface area contributed by atoms with Gasteiger partial charge >= 0.3 is 0 Å². The predicted octanol–water partition coefficient (Wildman–Crippen LogP) is 5.95. The number of hydrogen-bond donors (Lipinski definition) is 1. The number of nitrogens with one attached hydrogen (secondary N) is 1. The molecule has 0 fully saturated rings. The summed E-state index contributed by atoms with van der Waals surface area (Å²) in [7, 11) is 0. The van der Waals surface area contributed by atoms with E-state index in [2.05, 4.69) is 5.32 Å². The van der Waals surface area contributed by atoms with Crippen LogP contribution in [0.3, 0.4) is 0 Å². The first-order valence-corrected chi connectivity index (χ1v) is 12.4. The lowest BCUT2D eigenvalue weighted by molar-refractivity contribution is -0.139. The van der Waals surface area contributed by atoms with Gasteiger partial charge in [-0.25, -0.2) is 0 Å². The topological polar surface area (TPSA) is 49.4 Å². The van der Waals surface area contributed by atoms with E-state index >= 15 is 0 Å². The van der Waals surface area contributed by atoms with Crippen LogP contribution in [0.1, 0.15) is 44.7 Å². The van der Waals surface area contributed by atoms with E-state index in [9.17, 15) is 9.59 Å². The van der Waals surface area contributed by atoms with Gasteiger partial charge in [0.1, 0.15) is 6.04 Å². The SMILES string of the molecule is CC[C@@H](C)NC(=O)[C@@H](CC)N(Cc1ccccc1)C(=O)CSCc1c(Cl)cccc1Cl. The minimum Gasteiger partial charge on any atom is -0.352 e. The molecule has 2 aromatic carbocycles. The monoisotopic (exact) mass is 480 g/mol. The van der Waals surface area contributed by atoms with E-state index in [4.69, 9.17) is 23.2 Å². The normalized spacial score (nSPS) is 12.8. The Morgan fingerprint density at radius 3 is 2.23 bits per heavy atom. The first-order chi connectivity index (χ1) is 14.9. The van der Waals surface area contributed by atoms with E-state index < -0.39 is 6.04 Å². The zero-order valence-corrected chi connectivity index (χ0v) is 20.6. The lowest BCUT2D eigenvalue weighted by atomic mass is 10.1. The molecule has 0 radical (unpaired) electrons. The first-order valence-electron chi connectivity index (χ1n) is 10.5. The summed E-state index contributed by atoms with van der Waals surface area (Å²) in [6.45, 7) is 6.31. The van der Waals surface area contributed by atoms with Gasteiger partial charge in [-0.3, -0.25) is 9.59 Å². The van der Waals surface area contributed by atoms with Crippen LogP contribution in [0.5, 0.6) is 0 Å². The van der Waals surface area contributed by atoms with E-state index in [0.29, 0.717) is 28.8 Å². The van der Waals surface area contributed by atoms with Crippen molar-refractivity contribution in [2.24, 2.45) is 0 Å². The van der Waals surface area contributed by atoms with Crippen LogP contribution < -0.4 is 5.32 Å². The molecule has 0 saturated carbocycles.